The maximum Gasteiger partial charge on any atom is 0.174 e. The summed E-state index contributed by atoms with van der Waals surface area (Å²) in [7, 11) is 1.67. The van der Waals surface area contributed by atoms with Crippen molar-refractivity contribution in [3.05, 3.63) is 177 Å². The van der Waals surface area contributed by atoms with Crippen LogP contribution in [0.15, 0.2) is 150 Å². The zero-order valence-electron chi connectivity index (χ0n) is 31.8. The Morgan fingerprint density at radius 2 is 1.05 bits per heavy atom. The van der Waals surface area contributed by atoms with E-state index >= 15 is 0 Å². The van der Waals surface area contributed by atoms with Crippen molar-refractivity contribution in [1.29, 1.82) is 0 Å². The Bertz CT molecular complexity index is 1940. The van der Waals surface area contributed by atoms with Gasteiger partial charge in [-0.3, -0.25) is 4.79 Å². The molecule has 0 unspecified atom stereocenters. The van der Waals surface area contributed by atoms with Gasteiger partial charge in [-0.25, -0.2) is 0 Å². The molecule has 4 aromatic heterocycles. The molecule has 13 heteroatoms. The molecule has 7 aromatic rings. The Labute approximate surface area is 351 Å². The number of methoxy groups -OCH3 is 1. The van der Waals surface area contributed by atoms with Crippen LogP contribution in [0.2, 0.25) is 0 Å². The Kier molecular flexibility index (Phi) is 24.8. The molecule has 3 aromatic carbocycles. The number of aldehydes is 1. The van der Waals surface area contributed by atoms with Crippen LogP contribution >= 0.6 is 45.3 Å². The van der Waals surface area contributed by atoms with Crippen LogP contribution in [-0.2, 0) is 26.4 Å². The molecule has 0 aliphatic rings. The number of nitrogens with two attached hydrogens (primary N) is 1. The first-order valence-electron chi connectivity index (χ1n) is 17.9. The van der Waals surface area contributed by atoms with Gasteiger partial charge in [0.25, 0.3) is 0 Å². The first-order valence-corrected chi connectivity index (χ1v) is 21.3. The van der Waals surface area contributed by atoms with Crippen molar-refractivity contribution in [3.8, 4) is 20.3 Å². The number of ether oxygens (including phenoxy) is 4. The summed E-state index contributed by atoms with van der Waals surface area (Å²) in [5.41, 5.74) is 8.28. The second-order valence-corrected chi connectivity index (χ2v) is 15.3. The standard InChI is InChI=1S/C14H17NO2S.C12H10O2S.C11H10OS.C5H6OS.C2H7NO/c16-9-8-15-10-13-6-7-14(18-13)17-11-12-4-2-1-3-5-12;13-8-11-6-7-12(15-11)14-9-10-4-2-1-3-5-10;1-2-5-10(6-3-1)9-12-11-7-4-8-13-11;1-6-5-3-2-4-7-5;3-1-2-4/h1-7,15-16H,8-11H2;1-8H,9H2;1-8H,9H2;2-4H,1H3;4H,1-3H2. The molecule has 57 heavy (non-hydrogen) atoms. The molecule has 9 nitrogen and oxygen atoms in total. The molecule has 0 saturated heterocycles. The summed E-state index contributed by atoms with van der Waals surface area (Å²) in [6.07, 6.45) is 0.833. The fourth-order valence-corrected chi connectivity index (χ4v) is 6.82. The number of hydrogen-bond donors (Lipinski definition) is 4. The van der Waals surface area contributed by atoms with E-state index in [0.717, 1.165) is 38.6 Å². The van der Waals surface area contributed by atoms with Crippen molar-refractivity contribution < 1.29 is 34.0 Å². The number of nitrogens with one attached hydrogen (secondary N) is 1. The van der Waals surface area contributed by atoms with Gasteiger partial charge in [-0.1, -0.05) is 102 Å². The highest BCUT2D eigenvalue weighted by molar-refractivity contribution is 7.15. The highest BCUT2D eigenvalue weighted by atomic mass is 32.1. The van der Waals surface area contributed by atoms with Gasteiger partial charge in [-0.05, 0) is 76.0 Å². The number of carbonyl (C=O) groups excluding carboxylic acids is 1. The maximum absolute atomic E-state index is 10.4. The predicted octanol–water partition coefficient (Wildman–Crippen LogP) is 9.57. The minimum atomic E-state index is 0.0972. The minimum Gasteiger partial charge on any atom is -0.487 e. The zero-order chi connectivity index (χ0) is 40.6. The highest BCUT2D eigenvalue weighted by Crippen LogP contribution is 2.26. The lowest BCUT2D eigenvalue weighted by molar-refractivity contribution is 0.112. The summed E-state index contributed by atoms with van der Waals surface area (Å²) < 4.78 is 21.7. The second kappa shape index (κ2) is 30.3. The second-order valence-electron chi connectivity index (χ2n) is 11.3. The van der Waals surface area contributed by atoms with Gasteiger partial charge in [-0.15, -0.1) is 34.0 Å². The number of aliphatic hydroxyl groups excluding tert-OH is 2. The number of carbonyl (C=O) groups is 1. The van der Waals surface area contributed by atoms with Crippen LogP contribution in [0.1, 0.15) is 31.2 Å². The molecule has 0 bridgehead atoms. The number of hydrogen-bond acceptors (Lipinski definition) is 13. The van der Waals surface area contributed by atoms with Crippen molar-refractivity contribution in [2.24, 2.45) is 5.73 Å². The van der Waals surface area contributed by atoms with Crippen LogP contribution in [0.5, 0.6) is 20.3 Å². The fraction of sp³-hybridized carbons (Fsp3) is 0.205. The smallest absolute Gasteiger partial charge is 0.174 e. The molecule has 0 aliphatic heterocycles. The van der Waals surface area contributed by atoms with E-state index in [-0.39, 0.29) is 13.2 Å². The molecular formula is C44H50N2O7S4. The topological polar surface area (TPSA) is 133 Å². The van der Waals surface area contributed by atoms with Gasteiger partial charge in [0.05, 0.1) is 25.2 Å². The van der Waals surface area contributed by atoms with Gasteiger partial charge in [-0.2, -0.15) is 0 Å². The summed E-state index contributed by atoms with van der Waals surface area (Å²) in [6.45, 7) is 3.84. The van der Waals surface area contributed by atoms with Crippen LogP contribution in [0.25, 0.3) is 0 Å². The quantitative estimate of drug-likeness (QED) is 0.0555. The third-order valence-corrected chi connectivity index (χ3v) is 10.5. The van der Waals surface area contributed by atoms with E-state index in [2.05, 4.69) is 35.6 Å². The number of thiophene rings is 4. The summed E-state index contributed by atoms with van der Waals surface area (Å²) in [5.74, 6) is 0. The monoisotopic (exact) mass is 846 g/mol. The SMILES string of the molecule is COc1cccs1.NCCO.O=Cc1ccc(OCc2ccccc2)s1.OCCNCc1ccc(OCc2ccccc2)s1.c1ccc(COc2cccs2)cc1. The van der Waals surface area contributed by atoms with Gasteiger partial charge in [0, 0.05) is 24.5 Å². The first-order chi connectivity index (χ1) is 28.1. The van der Waals surface area contributed by atoms with Gasteiger partial charge >= 0.3 is 0 Å². The van der Waals surface area contributed by atoms with E-state index < -0.39 is 0 Å². The van der Waals surface area contributed by atoms with E-state index in [4.69, 9.17) is 34.9 Å². The van der Waals surface area contributed by atoms with Crippen LogP contribution in [-0.4, -0.2) is 49.9 Å². The molecule has 4 heterocycles. The van der Waals surface area contributed by atoms with Crippen LogP contribution in [0, 0.1) is 0 Å². The molecule has 0 fully saturated rings. The van der Waals surface area contributed by atoms with E-state index in [1.807, 2.05) is 114 Å². The molecule has 0 saturated carbocycles. The van der Waals surface area contributed by atoms with Crippen molar-refractivity contribution in [3.63, 3.8) is 0 Å². The van der Waals surface area contributed by atoms with Crippen molar-refractivity contribution in [2.75, 3.05) is 33.4 Å². The van der Waals surface area contributed by atoms with Gasteiger partial charge in [0.2, 0.25) is 0 Å². The lowest BCUT2D eigenvalue weighted by Crippen LogP contribution is -2.16. The summed E-state index contributed by atoms with van der Waals surface area (Å²) >= 11 is 6.22. The molecular weight excluding hydrogens is 797 g/mol. The normalized spacial score (nSPS) is 9.75. The lowest BCUT2D eigenvalue weighted by atomic mass is 10.2. The van der Waals surface area contributed by atoms with Gasteiger partial charge < -0.3 is 40.2 Å². The summed E-state index contributed by atoms with van der Waals surface area (Å²) in [5, 5.41) is 27.2. The Morgan fingerprint density at radius 1 is 0.579 bits per heavy atom. The summed E-state index contributed by atoms with van der Waals surface area (Å²) in [6, 6.07) is 45.7. The van der Waals surface area contributed by atoms with Crippen LogP contribution in [0.3, 0.4) is 0 Å². The molecule has 5 N–H and O–H groups in total. The Balaban J connectivity index is 0.000000204. The number of rotatable bonds is 16. The highest BCUT2D eigenvalue weighted by Gasteiger charge is 2.02. The third-order valence-electron chi connectivity index (χ3n) is 6.94. The van der Waals surface area contributed by atoms with Crippen LogP contribution in [0.4, 0.5) is 0 Å². The predicted molar refractivity (Wildman–Crippen MR) is 236 cm³/mol. The van der Waals surface area contributed by atoms with Gasteiger partial charge in [0.15, 0.2) is 26.5 Å². The van der Waals surface area contributed by atoms with Crippen LogP contribution < -0.4 is 30.0 Å². The molecule has 302 valence electrons. The number of benzene rings is 3. The number of aliphatic hydroxyl groups is 2. The Morgan fingerprint density at radius 3 is 1.46 bits per heavy atom. The lowest BCUT2D eigenvalue weighted by Gasteiger charge is -2.03. The Hall–Kier alpha value is -4.83. The molecule has 0 spiro atoms. The van der Waals surface area contributed by atoms with Crippen molar-refractivity contribution >= 4 is 51.6 Å². The first kappa shape index (κ1) is 46.6. The van der Waals surface area contributed by atoms with Gasteiger partial charge in [0.1, 0.15) is 19.8 Å². The average Bonchev–Trinajstić information content (AvgIpc) is 4.13. The molecule has 0 amide bonds. The fourth-order valence-electron chi connectivity index (χ4n) is 4.21. The third kappa shape index (κ3) is 21.3. The molecule has 0 atom stereocenters. The van der Waals surface area contributed by atoms with E-state index in [1.54, 1.807) is 47.2 Å². The molecule has 0 radical (unpaired) electrons. The van der Waals surface area contributed by atoms with E-state index in [1.165, 1.54) is 27.3 Å². The van der Waals surface area contributed by atoms with Crippen molar-refractivity contribution in [1.82, 2.24) is 5.32 Å². The minimum absolute atomic E-state index is 0.0972. The average molecular weight is 847 g/mol. The van der Waals surface area contributed by atoms with E-state index in [9.17, 15) is 4.79 Å². The zero-order valence-corrected chi connectivity index (χ0v) is 35.1. The maximum atomic E-state index is 10.4. The van der Waals surface area contributed by atoms with E-state index in [0.29, 0.717) is 37.8 Å². The van der Waals surface area contributed by atoms with Crippen molar-refractivity contribution in [2.45, 2.75) is 26.4 Å². The largest absolute Gasteiger partial charge is 0.487 e. The molecule has 0 aliphatic carbocycles. The molecule has 7 rings (SSSR count). The summed E-state index contributed by atoms with van der Waals surface area (Å²) in [4.78, 5) is 12.4.